The lowest BCUT2D eigenvalue weighted by molar-refractivity contribution is 0.654. The van der Waals surface area contributed by atoms with Crippen LogP contribution in [0.5, 0.6) is 0 Å². The van der Waals surface area contributed by atoms with E-state index in [1.165, 1.54) is 32.1 Å². The van der Waals surface area contributed by atoms with Crippen molar-refractivity contribution in [2.75, 3.05) is 13.1 Å². The number of aliphatic imine (C=N–C) groups is 1. The van der Waals surface area contributed by atoms with Crippen LogP contribution in [0.1, 0.15) is 46.0 Å². The molecule has 0 saturated heterocycles. The average molecular weight is 223 g/mol. The second-order valence-electron chi connectivity index (χ2n) is 5.20. The first-order valence-electron chi connectivity index (χ1n) is 6.88. The fourth-order valence-corrected chi connectivity index (χ4v) is 2.13. The number of rotatable bonds is 6. The van der Waals surface area contributed by atoms with Gasteiger partial charge in [-0.2, -0.15) is 0 Å². The highest BCUT2D eigenvalue weighted by Gasteiger charge is 2.36. The van der Waals surface area contributed by atoms with Crippen LogP contribution in [-0.4, -0.2) is 25.1 Å². The Balaban J connectivity index is 1.71. The highest BCUT2D eigenvalue weighted by molar-refractivity contribution is 5.80. The first kappa shape index (κ1) is 11.7. The van der Waals surface area contributed by atoms with Gasteiger partial charge in [-0.15, -0.1) is 0 Å². The smallest absolute Gasteiger partial charge is 0.191 e. The molecule has 2 saturated carbocycles. The van der Waals surface area contributed by atoms with E-state index < -0.39 is 0 Å². The molecule has 2 atom stereocenters. The van der Waals surface area contributed by atoms with Gasteiger partial charge in [0.25, 0.3) is 0 Å². The molecule has 2 N–H and O–H groups in total. The number of hydrogen-bond acceptors (Lipinski definition) is 1. The molecule has 0 aromatic rings. The van der Waals surface area contributed by atoms with Gasteiger partial charge in [-0.3, -0.25) is 4.99 Å². The molecule has 0 radical (unpaired) electrons. The molecule has 0 aliphatic heterocycles. The minimum absolute atomic E-state index is 0.692. The molecular formula is C13H25N3. The Morgan fingerprint density at radius 2 is 2.12 bits per heavy atom. The Morgan fingerprint density at radius 3 is 2.75 bits per heavy atom. The zero-order valence-corrected chi connectivity index (χ0v) is 10.6. The third kappa shape index (κ3) is 3.69. The molecule has 0 aromatic heterocycles. The maximum absolute atomic E-state index is 4.64. The lowest BCUT2D eigenvalue weighted by atomic mass is 10.2. The van der Waals surface area contributed by atoms with E-state index in [4.69, 9.17) is 0 Å². The molecule has 2 aliphatic rings. The van der Waals surface area contributed by atoms with Crippen LogP contribution in [0.15, 0.2) is 4.99 Å². The van der Waals surface area contributed by atoms with Gasteiger partial charge in [0.1, 0.15) is 0 Å². The van der Waals surface area contributed by atoms with Gasteiger partial charge in [-0.25, -0.2) is 0 Å². The molecule has 0 bridgehead atoms. The van der Waals surface area contributed by atoms with Gasteiger partial charge in [0.2, 0.25) is 0 Å². The molecular weight excluding hydrogens is 198 g/mol. The van der Waals surface area contributed by atoms with Crippen molar-refractivity contribution in [2.24, 2.45) is 16.8 Å². The molecule has 2 rings (SSSR count). The molecule has 0 heterocycles. The normalized spacial score (nSPS) is 29.0. The first-order chi connectivity index (χ1) is 7.83. The van der Waals surface area contributed by atoms with Crippen molar-refractivity contribution in [3.05, 3.63) is 0 Å². The molecule has 92 valence electrons. The highest BCUT2D eigenvalue weighted by atomic mass is 15.2. The average Bonchev–Trinajstić information content (AvgIpc) is 3.13. The molecule has 3 nitrogen and oxygen atoms in total. The van der Waals surface area contributed by atoms with Crippen molar-refractivity contribution in [2.45, 2.75) is 52.0 Å². The Morgan fingerprint density at radius 1 is 1.31 bits per heavy atom. The molecule has 0 aromatic carbocycles. The molecule has 16 heavy (non-hydrogen) atoms. The Bertz CT molecular complexity index is 246. The quantitative estimate of drug-likeness (QED) is 0.534. The second kappa shape index (κ2) is 5.55. The largest absolute Gasteiger partial charge is 0.357 e. The summed E-state index contributed by atoms with van der Waals surface area (Å²) in [6, 6.07) is 0.692. The lowest BCUT2D eigenvalue weighted by Gasteiger charge is -2.10. The summed E-state index contributed by atoms with van der Waals surface area (Å²) in [5.74, 6) is 2.81. The van der Waals surface area contributed by atoms with Crippen LogP contribution in [0.4, 0.5) is 0 Å². The van der Waals surface area contributed by atoms with Crippen molar-refractivity contribution in [1.29, 1.82) is 0 Å². The van der Waals surface area contributed by atoms with Crippen molar-refractivity contribution in [3.63, 3.8) is 0 Å². The molecule has 0 amide bonds. The maximum atomic E-state index is 4.64. The minimum Gasteiger partial charge on any atom is -0.357 e. The van der Waals surface area contributed by atoms with Crippen LogP contribution >= 0.6 is 0 Å². The van der Waals surface area contributed by atoms with Gasteiger partial charge in [-0.1, -0.05) is 13.3 Å². The monoisotopic (exact) mass is 223 g/mol. The van der Waals surface area contributed by atoms with E-state index in [2.05, 4.69) is 29.5 Å². The van der Waals surface area contributed by atoms with Gasteiger partial charge in [0.15, 0.2) is 5.96 Å². The summed E-state index contributed by atoms with van der Waals surface area (Å²) in [5, 5.41) is 6.89. The summed E-state index contributed by atoms with van der Waals surface area (Å²) in [6.45, 7) is 6.37. The van der Waals surface area contributed by atoms with E-state index in [0.29, 0.717) is 6.04 Å². The molecule has 2 unspecified atom stereocenters. The zero-order valence-electron chi connectivity index (χ0n) is 10.6. The van der Waals surface area contributed by atoms with E-state index in [1.54, 1.807) is 0 Å². The topological polar surface area (TPSA) is 36.4 Å². The number of hydrogen-bond donors (Lipinski definition) is 2. The summed E-state index contributed by atoms with van der Waals surface area (Å²) >= 11 is 0. The number of guanidine groups is 1. The van der Waals surface area contributed by atoms with E-state index in [0.717, 1.165) is 30.9 Å². The SMILES string of the molecule is CCCC1CC1NC(=NCC1CC1)NCC. The van der Waals surface area contributed by atoms with E-state index in [9.17, 15) is 0 Å². The molecule has 2 fully saturated rings. The molecule has 3 heteroatoms. The Labute approximate surface area is 99.1 Å². The lowest BCUT2D eigenvalue weighted by Crippen LogP contribution is -2.39. The van der Waals surface area contributed by atoms with Crippen LogP contribution in [-0.2, 0) is 0 Å². The van der Waals surface area contributed by atoms with Gasteiger partial charge in [0.05, 0.1) is 0 Å². The van der Waals surface area contributed by atoms with Crippen LogP contribution < -0.4 is 10.6 Å². The van der Waals surface area contributed by atoms with Crippen molar-refractivity contribution >= 4 is 5.96 Å². The number of nitrogens with zero attached hydrogens (tertiary/aromatic N) is 1. The van der Waals surface area contributed by atoms with E-state index >= 15 is 0 Å². The predicted molar refractivity (Wildman–Crippen MR) is 68.6 cm³/mol. The first-order valence-corrected chi connectivity index (χ1v) is 6.88. The van der Waals surface area contributed by atoms with Gasteiger partial charge in [-0.05, 0) is 44.4 Å². The van der Waals surface area contributed by atoms with Crippen LogP contribution in [0.3, 0.4) is 0 Å². The Kier molecular flexibility index (Phi) is 4.08. The van der Waals surface area contributed by atoms with Gasteiger partial charge >= 0.3 is 0 Å². The van der Waals surface area contributed by atoms with E-state index in [-0.39, 0.29) is 0 Å². The summed E-state index contributed by atoms with van der Waals surface area (Å²) < 4.78 is 0. The Hall–Kier alpha value is -0.730. The molecule has 0 spiro atoms. The van der Waals surface area contributed by atoms with Crippen molar-refractivity contribution in [3.8, 4) is 0 Å². The van der Waals surface area contributed by atoms with Crippen LogP contribution in [0.25, 0.3) is 0 Å². The fourth-order valence-electron chi connectivity index (χ4n) is 2.13. The fraction of sp³-hybridized carbons (Fsp3) is 0.923. The molecule has 2 aliphatic carbocycles. The minimum atomic E-state index is 0.692. The standard InChI is InChI=1S/C13H25N3/c1-3-5-11-8-12(11)16-13(14-4-2)15-9-10-6-7-10/h10-12H,3-9H2,1-2H3,(H2,14,15,16). The third-order valence-corrected chi connectivity index (χ3v) is 3.45. The predicted octanol–water partition coefficient (Wildman–Crippen LogP) is 2.14. The highest BCUT2D eigenvalue weighted by Crippen LogP contribution is 2.34. The summed E-state index contributed by atoms with van der Waals surface area (Å²) in [4.78, 5) is 4.64. The summed E-state index contributed by atoms with van der Waals surface area (Å²) in [6.07, 6.45) is 6.76. The van der Waals surface area contributed by atoms with Crippen molar-refractivity contribution < 1.29 is 0 Å². The number of nitrogens with one attached hydrogen (secondary N) is 2. The van der Waals surface area contributed by atoms with E-state index in [1.807, 2.05) is 0 Å². The van der Waals surface area contributed by atoms with Gasteiger partial charge in [0, 0.05) is 19.1 Å². The zero-order chi connectivity index (χ0) is 11.4. The van der Waals surface area contributed by atoms with Crippen LogP contribution in [0.2, 0.25) is 0 Å². The summed E-state index contributed by atoms with van der Waals surface area (Å²) in [5.41, 5.74) is 0. The van der Waals surface area contributed by atoms with Crippen LogP contribution in [0, 0.1) is 11.8 Å². The third-order valence-electron chi connectivity index (χ3n) is 3.45. The summed E-state index contributed by atoms with van der Waals surface area (Å²) in [7, 11) is 0. The van der Waals surface area contributed by atoms with Gasteiger partial charge < -0.3 is 10.6 Å². The maximum Gasteiger partial charge on any atom is 0.191 e. The second-order valence-corrected chi connectivity index (χ2v) is 5.20. The van der Waals surface area contributed by atoms with Crippen molar-refractivity contribution in [1.82, 2.24) is 10.6 Å².